The summed E-state index contributed by atoms with van der Waals surface area (Å²) in [4.78, 5) is 35.0. The molecule has 1 aliphatic rings. The Balaban J connectivity index is 1.67. The van der Waals surface area contributed by atoms with E-state index in [2.05, 4.69) is 15.3 Å². The highest BCUT2D eigenvalue weighted by molar-refractivity contribution is 6.33. The van der Waals surface area contributed by atoms with Crippen molar-refractivity contribution in [2.75, 3.05) is 5.32 Å². The number of H-pyrrole nitrogens is 2. The first kappa shape index (κ1) is 19.4. The fourth-order valence-corrected chi connectivity index (χ4v) is 3.97. The van der Waals surface area contributed by atoms with Crippen LogP contribution in [0, 0.1) is 0 Å². The summed E-state index contributed by atoms with van der Waals surface area (Å²) in [5, 5.41) is 3.49. The highest BCUT2D eigenvalue weighted by atomic mass is 35.5. The third-order valence-electron chi connectivity index (χ3n) is 5.34. The minimum atomic E-state index is -0.688. The molecule has 0 aliphatic carbocycles. The lowest BCUT2D eigenvalue weighted by Crippen LogP contribution is -2.29. The molecule has 6 nitrogen and oxygen atoms in total. The van der Waals surface area contributed by atoms with E-state index in [1.807, 2.05) is 30.3 Å². The summed E-state index contributed by atoms with van der Waals surface area (Å²) < 4.78 is 0. The van der Waals surface area contributed by atoms with Crippen LogP contribution >= 0.6 is 11.6 Å². The van der Waals surface area contributed by atoms with Gasteiger partial charge in [0.15, 0.2) is 0 Å². The highest BCUT2D eigenvalue weighted by Crippen LogP contribution is 2.28. The van der Waals surface area contributed by atoms with Crippen molar-refractivity contribution in [1.29, 1.82) is 0 Å². The molecule has 0 bridgehead atoms. The van der Waals surface area contributed by atoms with E-state index < -0.39 is 6.04 Å². The molecule has 0 fully saturated rings. The first-order valence-electron chi connectivity index (χ1n) is 9.72. The van der Waals surface area contributed by atoms with E-state index >= 15 is 0 Å². The number of carbonyl (C=O) groups excluding carboxylic acids is 1. The van der Waals surface area contributed by atoms with Crippen LogP contribution < -0.4 is 16.5 Å². The number of aromatic amines is 2. The van der Waals surface area contributed by atoms with Crippen LogP contribution in [0.3, 0.4) is 0 Å². The van der Waals surface area contributed by atoms with Gasteiger partial charge in [-0.1, -0.05) is 53.0 Å². The number of aliphatic imine (C=N–C) groups is 1. The summed E-state index contributed by atoms with van der Waals surface area (Å²) in [6, 6.07) is 17.5. The summed E-state index contributed by atoms with van der Waals surface area (Å²) in [6.07, 6.45) is 0.354. The van der Waals surface area contributed by atoms with Crippen LogP contribution in [0.2, 0.25) is 5.02 Å². The second-order valence-electron chi connectivity index (χ2n) is 7.42. The summed E-state index contributed by atoms with van der Waals surface area (Å²) in [5.41, 5.74) is 5.23. The SMILES string of the molecule is [B]c1ccccc1CC1N=C(c2ccc3[nH]c(=O)[nH]c3c2)c2cc(Cl)ccc2NC1=O. The molecule has 31 heavy (non-hydrogen) atoms. The van der Waals surface area contributed by atoms with Crippen LogP contribution in [-0.4, -0.2) is 35.5 Å². The molecule has 0 saturated carbocycles. The van der Waals surface area contributed by atoms with Gasteiger partial charge >= 0.3 is 5.69 Å². The smallest absolute Gasteiger partial charge is 0.323 e. The van der Waals surface area contributed by atoms with Gasteiger partial charge in [0, 0.05) is 22.6 Å². The van der Waals surface area contributed by atoms with Gasteiger partial charge in [0.25, 0.3) is 0 Å². The first-order valence-corrected chi connectivity index (χ1v) is 10.1. The summed E-state index contributed by atoms with van der Waals surface area (Å²) in [5.74, 6) is -0.224. The van der Waals surface area contributed by atoms with Gasteiger partial charge in [-0.25, -0.2) is 4.79 Å². The largest absolute Gasteiger partial charge is 0.324 e. The molecule has 2 radical (unpaired) electrons. The van der Waals surface area contributed by atoms with Crippen molar-refractivity contribution >= 4 is 53.2 Å². The number of imidazole rings is 1. The van der Waals surface area contributed by atoms with Crippen molar-refractivity contribution in [2.24, 2.45) is 4.99 Å². The van der Waals surface area contributed by atoms with E-state index in [-0.39, 0.29) is 11.6 Å². The van der Waals surface area contributed by atoms with Crippen LogP contribution in [0.4, 0.5) is 5.69 Å². The van der Waals surface area contributed by atoms with Crippen molar-refractivity contribution < 1.29 is 4.79 Å². The van der Waals surface area contributed by atoms with Gasteiger partial charge in [-0.15, -0.1) is 0 Å². The molecule has 0 spiro atoms. The number of halogens is 1. The fraction of sp³-hybridized carbons (Fsp3) is 0.0870. The summed E-state index contributed by atoms with van der Waals surface area (Å²) >= 11 is 6.27. The molecule has 4 aromatic rings. The number of hydrogen-bond acceptors (Lipinski definition) is 3. The maximum absolute atomic E-state index is 13.0. The van der Waals surface area contributed by atoms with Gasteiger partial charge in [0.1, 0.15) is 13.9 Å². The molecule has 3 N–H and O–H groups in total. The van der Waals surface area contributed by atoms with Gasteiger partial charge in [-0.3, -0.25) is 9.79 Å². The zero-order chi connectivity index (χ0) is 21.5. The number of benzene rings is 3. The third kappa shape index (κ3) is 3.68. The molecule has 2 heterocycles. The number of hydrogen-bond donors (Lipinski definition) is 3. The molecular formula is C23H16BClN4O2. The zero-order valence-corrected chi connectivity index (χ0v) is 17.0. The average Bonchev–Trinajstić information content (AvgIpc) is 3.06. The van der Waals surface area contributed by atoms with Crippen LogP contribution in [0.15, 0.2) is 70.5 Å². The van der Waals surface area contributed by atoms with Crippen LogP contribution in [-0.2, 0) is 11.2 Å². The zero-order valence-electron chi connectivity index (χ0n) is 16.3. The fourth-order valence-electron chi connectivity index (χ4n) is 3.80. The van der Waals surface area contributed by atoms with Gasteiger partial charge in [0.05, 0.1) is 22.4 Å². The van der Waals surface area contributed by atoms with Crippen molar-refractivity contribution in [3.05, 3.63) is 92.9 Å². The quantitative estimate of drug-likeness (QED) is 0.440. The average molecular weight is 427 g/mol. The number of aromatic nitrogens is 2. The lowest BCUT2D eigenvalue weighted by molar-refractivity contribution is -0.117. The Labute approximate surface area is 183 Å². The van der Waals surface area contributed by atoms with E-state index in [1.165, 1.54) is 0 Å². The molecule has 0 saturated heterocycles. The predicted octanol–water partition coefficient (Wildman–Crippen LogP) is 2.70. The van der Waals surface area contributed by atoms with Crippen molar-refractivity contribution in [3.8, 4) is 0 Å². The molecule has 8 heteroatoms. The van der Waals surface area contributed by atoms with Gasteiger partial charge in [-0.05, 0) is 30.3 Å². The Morgan fingerprint density at radius 3 is 2.61 bits per heavy atom. The Bertz CT molecular complexity index is 1420. The number of benzodiazepines with no additional fused rings is 1. The van der Waals surface area contributed by atoms with Crippen LogP contribution in [0.5, 0.6) is 0 Å². The number of anilines is 1. The van der Waals surface area contributed by atoms with E-state index in [9.17, 15) is 9.59 Å². The van der Waals surface area contributed by atoms with Crippen molar-refractivity contribution in [1.82, 2.24) is 9.97 Å². The molecule has 150 valence electrons. The molecular weight excluding hydrogens is 411 g/mol. The summed E-state index contributed by atoms with van der Waals surface area (Å²) in [6.45, 7) is 0. The van der Waals surface area contributed by atoms with Crippen LogP contribution in [0.25, 0.3) is 11.0 Å². The van der Waals surface area contributed by atoms with Crippen molar-refractivity contribution in [3.63, 3.8) is 0 Å². The Hall–Kier alpha value is -3.58. The number of amides is 1. The second-order valence-corrected chi connectivity index (χ2v) is 7.85. The molecule has 1 aliphatic heterocycles. The molecule has 1 unspecified atom stereocenters. The maximum Gasteiger partial charge on any atom is 0.323 e. The number of nitrogens with one attached hydrogen (secondary N) is 3. The lowest BCUT2D eigenvalue weighted by atomic mass is 9.87. The first-order chi connectivity index (χ1) is 15.0. The molecule has 1 aromatic heterocycles. The predicted molar refractivity (Wildman–Crippen MR) is 124 cm³/mol. The van der Waals surface area contributed by atoms with E-state index in [0.717, 1.165) is 11.1 Å². The normalized spacial score (nSPS) is 15.8. The number of carbonyl (C=O) groups is 1. The topological polar surface area (TPSA) is 90.1 Å². The maximum atomic E-state index is 13.0. The van der Waals surface area contributed by atoms with E-state index in [4.69, 9.17) is 24.4 Å². The minimum Gasteiger partial charge on any atom is -0.324 e. The van der Waals surface area contributed by atoms with E-state index in [1.54, 1.807) is 30.3 Å². The second kappa shape index (κ2) is 7.59. The van der Waals surface area contributed by atoms with Crippen LogP contribution in [0.1, 0.15) is 16.7 Å². The molecule has 1 amide bonds. The number of rotatable bonds is 3. The minimum absolute atomic E-state index is 0.224. The molecule has 1 atom stereocenters. The summed E-state index contributed by atoms with van der Waals surface area (Å²) in [7, 11) is 6.10. The number of nitrogens with zero attached hydrogens (tertiary/aromatic N) is 1. The Morgan fingerprint density at radius 1 is 0.968 bits per heavy atom. The van der Waals surface area contributed by atoms with Gasteiger partial charge in [0.2, 0.25) is 5.91 Å². The number of fused-ring (bicyclic) bond motifs is 2. The van der Waals surface area contributed by atoms with Gasteiger partial charge < -0.3 is 15.3 Å². The Kier molecular flexibility index (Phi) is 4.75. The van der Waals surface area contributed by atoms with Crippen molar-refractivity contribution in [2.45, 2.75) is 12.5 Å². The molecule has 3 aromatic carbocycles. The Morgan fingerprint density at radius 2 is 1.77 bits per heavy atom. The highest BCUT2D eigenvalue weighted by Gasteiger charge is 2.27. The van der Waals surface area contributed by atoms with Gasteiger partial charge in [-0.2, -0.15) is 0 Å². The standard InChI is InChI=1S/C23H16BClN4O2/c24-16-4-2-1-3-12(16)9-20-22(30)27-17-8-6-14(25)11-15(17)21(26-20)13-5-7-18-19(10-13)29-23(31)28-18/h1-8,10-11,20H,9H2,(H,27,30)(H2,28,29,31). The lowest BCUT2D eigenvalue weighted by Gasteiger charge is -2.13. The monoisotopic (exact) mass is 426 g/mol. The van der Waals surface area contributed by atoms with E-state index in [0.29, 0.717) is 44.9 Å². The molecule has 5 rings (SSSR count). The third-order valence-corrected chi connectivity index (χ3v) is 5.58.